The summed E-state index contributed by atoms with van der Waals surface area (Å²) in [6.45, 7) is 8.99. The van der Waals surface area contributed by atoms with E-state index in [0.717, 1.165) is 24.7 Å². The van der Waals surface area contributed by atoms with E-state index in [1.807, 2.05) is 18.2 Å². The zero-order valence-corrected chi connectivity index (χ0v) is 22.1. The second kappa shape index (κ2) is 14.1. The number of rotatable bonds is 16. The number of methoxy groups -OCH3 is 2. The van der Waals surface area contributed by atoms with Crippen LogP contribution in [0.4, 0.5) is 0 Å². The van der Waals surface area contributed by atoms with E-state index in [-0.39, 0.29) is 18.5 Å². The van der Waals surface area contributed by atoms with Gasteiger partial charge < -0.3 is 25.1 Å². The Hall–Kier alpha value is -1.39. The van der Waals surface area contributed by atoms with Crippen LogP contribution in [0.25, 0.3) is 0 Å². The maximum Gasteiger partial charge on any atom is 0.211 e. The number of benzene rings is 1. The second-order valence-electron chi connectivity index (χ2n) is 9.28. The Labute approximate surface area is 200 Å². The number of nitrogens with two attached hydrogens (primary N) is 1. The molecule has 0 saturated heterocycles. The number of aliphatic hydroxyl groups is 1. The van der Waals surface area contributed by atoms with Crippen LogP contribution >= 0.6 is 0 Å². The molecule has 33 heavy (non-hydrogen) atoms. The van der Waals surface area contributed by atoms with Crippen LogP contribution in [0.3, 0.4) is 0 Å². The fourth-order valence-corrected chi connectivity index (χ4v) is 4.99. The van der Waals surface area contributed by atoms with E-state index in [4.69, 9.17) is 19.9 Å². The number of hydrogen-bond acceptors (Lipinski definition) is 7. The normalized spacial score (nSPS) is 15.2. The van der Waals surface area contributed by atoms with Gasteiger partial charge in [-0.05, 0) is 56.2 Å². The van der Waals surface area contributed by atoms with Crippen molar-refractivity contribution in [1.82, 2.24) is 4.31 Å². The number of hydrogen-bond donors (Lipinski definition) is 2. The van der Waals surface area contributed by atoms with Gasteiger partial charge in [0.25, 0.3) is 0 Å². The van der Waals surface area contributed by atoms with Crippen molar-refractivity contribution < 1.29 is 27.7 Å². The molecule has 0 saturated carbocycles. The van der Waals surface area contributed by atoms with E-state index in [9.17, 15) is 13.5 Å². The van der Waals surface area contributed by atoms with Gasteiger partial charge in [-0.15, -0.1) is 0 Å². The predicted molar refractivity (Wildman–Crippen MR) is 132 cm³/mol. The maximum atomic E-state index is 12.0. The van der Waals surface area contributed by atoms with Crippen LogP contribution in [0.2, 0.25) is 0 Å². The molecule has 0 aliphatic rings. The molecule has 0 bridgehead atoms. The Morgan fingerprint density at radius 1 is 1.09 bits per heavy atom. The van der Waals surface area contributed by atoms with Crippen LogP contribution in [0.15, 0.2) is 18.2 Å². The lowest BCUT2D eigenvalue weighted by atomic mass is 9.83. The fourth-order valence-electron chi connectivity index (χ4n) is 3.80. The molecule has 0 aliphatic carbocycles. The lowest BCUT2D eigenvalue weighted by Gasteiger charge is -2.31. The molecule has 0 aromatic heterocycles. The summed E-state index contributed by atoms with van der Waals surface area (Å²) >= 11 is 0. The molecule has 0 amide bonds. The summed E-state index contributed by atoms with van der Waals surface area (Å²) in [4.78, 5) is 0. The van der Waals surface area contributed by atoms with Gasteiger partial charge >= 0.3 is 0 Å². The summed E-state index contributed by atoms with van der Waals surface area (Å²) in [5.74, 6) is 1.90. The minimum atomic E-state index is -3.42. The Morgan fingerprint density at radius 2 is 1.76 bits per heavy atom. The van der Waals surface area contributed by atoms with Gasteiger partial charge in [0.2, 0.25) is 10.0 Å². The lowest BCUT2D eigenvalue weighted by molar-refractivity contribution is 0.0983. The molecule has 1 rings (SSSR count). The van der Waals surface area contributed by atoms with Gasteiger partial charge in [-0.1, -0.05) is 19.9 Å². The van der Waals surface area contributed by atoms with E-state index in [2.05, 4.69) is 13.8 Å². The van der Waals surface area contributed by atoms with Crippen LogP contribution in [-0.4, -0.2) is 76.3 Å². The molecule has 1 aromatic carbocycles. The summed E-state index contributed by atoms with van der Waals surface area (Å²) in [6.07, 6.45) is 2.33. The van der Waals surface area contributed by atoms with Gasteiger partial charge in [0.1, 0.15) is 0 Å². The van der Waals surface area contributed by atoms with Crippen molar-refractivity contribution in [2.75, 3.05) is 40.2 Å². The zero-order chi connectivity index (χ0) is 25.2. The highest BCUT2D eigenvalue weighted by Gasteiger charge is 2.28. The first-order valence-electron chi connectivity index (χ1n) is 11.6. The summed E-state index contributed by atoms with van der Waals surface area (Å²) < 4.78 is 41.8. The predicted octanol–water partition coefficient (Wildman–Crippen LogP) is 2.67. The molecule has 3 N–H and O–H groups in total. The third kappa shape index (κ3) is 10.2. The highest BCUT2D eigenvalue weighted by molar-refractivity contribution is 7.88. The molecule has 0 radical (unpaired) electrons. The van der Waals surface area contributed by atoms with Gasteiger partial charge in [-0.25, -0.2) is 8.42 Å². The Balaban J connectivity index is 2.88. The molecule has 0 spiro atoms. The van der Waals surface area contributed by atoms with E-state index in [0.29, 0.717) is 37.1 Å². The molecular formula is C24H44N2O6S. The van der Waals surface area contributed by atoms with Crippen molar-refractivity contribution in [3.05, 3.63) is 23.8 Å². The fraction of sp³-hybridized carbons (Fsp3) is 0.750. The number of ether oxygens (including phenoxy) is 3. The van der Waals surface area contributed by atoms with Crippen LogP contribution in [-0.2, 0) is 21.2 Å². The monoisotopic (exact) mass is 488 g/mol. The lowest BCUT2D eigenvalue weighted by Crippen LogP contribution is -2.48. The third-order valence-corrected chi connectivity index (χ3v) is 7.28. The van der Waals surface area contributed by atoms with Gasteiger partial charge in [0.05, 0.1) is 26.1 Å². The van der Waals surface area contributed by atoms with Crippen LogP contribution in [0.5, 0.6) is 11.5 Å². The molecule has 0 fully saturated rings. The summed E-state index contributed by atoms with van der Waals surface area (Å²) in [5, 5.41) is 10.7. The van der Waals surface area contributed by atoms with E-state index in [1.165, 1.54) is 4.31 Å². The van der Waals surface area contributed by atoms with E-state index in [1.54, 1.807) is 28.1 Å². The average molecular weight is 489 g/mol. The first kappa shape index (κ1) is 29.6. The summed E-state index contributed by atoms with van der Waals surface area (Å²) in [5.41, 5.74) is 7.44. The zero-order valence-electron chi connectivity index (χ0n) is 21.3. The number of aliphatic hydroxyl groups excluding tert-OH is 1. The standard InChI is InChI=1S/C24H44N2O6S/c1-17(2)20(15-21(25)22(27)16-26(18(3)4)33(7,28)29)13-19-9-10-23(31-6)24(14-19)32-12-8-11-30-5/h9-10,14,17-18,20-22,27H,8,11-13,15-16,25H2,1-7H3/t20-,21-,22-/m0/s1. The second-order valence-corrected chi connectivity index (χ2v) is 11.2. The van der Waals surface area contributed by atoms with Gasteiger partial charge in [0, 0.05) is 38.8 Å². The Bertz CT molecular complexity index is 800. The van der Waals surface area contributed by atoms with Crippen LogP contribution in [0.1, 0.15) is 46.1 Å². The van der Waals surface area contributed by atoms with Gasteiger partial charge in [-0.2, -0.15) is 4.31 Å². The van der Waals surface area contributed by atoms with Crippen molar-refractivity contribution in [2.24, 2.45) is 17.6 Å². The van der Waals surface area contributed by atoms with Gasteiger partial charge in [0.15, 0.2) is 11.5 Å². The molecule has 0 aliphatic heterocycles. The molecule has 0 heterocycles. The van der Waals surface area contributed by atoms with Gasteiger partial charge in [-0.3, -0.25) is 0 Å². The van der Waals surface area contributed by atoms with Crippen molar-refractivity contribution in [3.8, 4) is 11.5 Å². The van der Waals surface area contributed by atoms with Crippen LogP contribution < -0.4 is 15.2 Å². The van der Waals surface area contributed by atoms with Crippen molar-refractivity contribution in [3.63, 3.8) is 0 Å². The van der Waals surface area contributed by atoms with Crippen molar-refractivity contribution >= 4 is 10.0 Å². The highest BCUT2D eigenvalue weighted by Crippen LogP contribution is 2.31. The van der Waals surface area contributed by atoms with Crippen molar-refractivity contribution in [1.29, 1.82) is 0 Å². The van der Waals surface area contributed by atoms with Crippen LogP contribution in [0, 0.1) is 11.8 Å². The van der Waals surface area contributed by atoms with E-state index >= 15 is 0 Å². The number of nitrogens with zero attached hydrogens (tertiary/aromatic N) is 1. The summed E-state index contributed by atoms with van der Waals surface area (Å²) in [7, 11) is -0.145. The highest BCUT2D eigenvalue weighted by atomic mass is 32.2. The minimum absolute atomic E-state index is 0.00944. The minimum Gasteiger partial charge on any atom is -0.493 e. The topological polar surface area (TPSA) is 111 Å². The average Bonchev–Trinajstić information content (AvgIpc) is 2.73. The smallest absolute Gasteiger partial charge is 0.211 e. The first-order valence-corrected chi connectivity index (χ1v) is 13.4. The van der Waals surface area contributed by atoms with E-state index < -0.39 is 22.2 Å². The first-order chi connectivity index (χ1) is 15.4. The quantitative estimate of drug-likeness (QED) is 0.344. The molecule has 0 unspecified atom stereocenters. The molecule has 3 atom stereocenters. The third-order valence-electron chi connectivity index (χ3n) is 5.86. The molecule has 8 nitrogen and oxygen atoms in total. The largest absolute Gasteiger partial charge is 0.493 e. The Morgan fingerprint density at radius 3 is 2.27 bits per heavy atom. The molecular weight excluding hydrogens is 444 g/mol. The molecule has 1 aromatic rings. The summed E-state index contributed by atoms with van der Waals surface area (Å²) in [6, 6.07) is 5.13. The maximum absolute atomic E-state index is 12.0. The Kier molecular flexibility index (Phi) is 12.7. The number of sulfonamides is 1. The SMILES string of the molecule is COCCCOc1cc(C[C@@H](C[C@H](N)[C@@H](O)CN(C(C)C)S(C)(=O)=O)C(C)C)ccc1OC. The molecule has 192 valence electrons. The molecule has 9 heteroatoms. The van der Waals surface area contributed by atoms with Crippen molar-refractivity contribution in [2.45, 2.75) is 65.1 Å².